The lowest BCUT2D eigenvalue weighted by atomic mass is 9.95. The minimum atomic E-state index is -0.185. The van der Waals surface area contributed by atoms with Crippen LogP contribution in [-0.4, -0.2) is 24.5 Å². The first-order valence-electron chi connectivity index (χ1n) is 10.2. The number of rotatable bonds is 11. The van der Waals surface area contributed by atoms with Gasteiger partial charge in [0.25, 0.3) is 0 Å². The normalized spacial score (nSPS) is 12.5. The molecule has 0 bridgehead atoms. The van der Waals surface area contributed by atoms with Crippen molar-refractivity contribution in [3.63, 3.8) is 0 Å². The molecule has 0 radical (unpaired) electrons. The molecule has 0 aliphatic carbocycles. The molecular weight excluding hydrogens is 321 g/mol. The van der Waals surface area contributed by atoms with Gasteiger partial charge in [-0.15, -0.1) is 0 Å². The lowest BCUT2D eigenvalue weighted by Crippen LogP contribution is -2.28. The summed E-state index contributed by atoms with van der Waals surface area (Å²) in [5.74, 6) is 0.373. The minimum absolute atomic E-state index is 0.185. The Bertz CT molecular complexity index is 610. The van der Waals surface area contributed by atoms with E-state index in [0.29, 0.717) is 5.92 Å². The fourth-order valence-corrected chi connectivity index (χ4v) is 3.29. The second-order valence-corrected chi connectivity index (χ2v) is 7.37. The van der Waals surface area contributed by atoms with E-state index in [9.17, 15) is 4.39 Å². The van der Waals surface area contributed by atoms with Crippen LogP contribution in [0.3, 0.4) is 0 Å². The molecule has 0 aromatic heterocycles. The number of unbranched alkanes of at least 4 members (excludes halogenated alkanes) is 2. The number of nitrogens with zero attached hydrogens (tertiary/aromatic N) is 1. The van der Waals surface area contributed by atoms with Gasteiger partial charge in [0.05, 0.1) is 0 Å². The molecule has 0 aliphatic heterocycles. The van der Waals surface area contributed by atoms with Crippen LogP contribution in [0, 0.1) is 5.82 Å². The molecule has 2 rings (SSSR count). The molecule has 0 spiro atoms. The highest BCUT2D eigenvalue weighted by molar-refractivity contribution is 5.63. The Labute approximate surface area is 159 Å². The number of hydrogen-bond donors (Lipinski definition) is 0. The molecule has 26 heavy (non-hydrogen) atoms. The van der Waals surface area contributed by atoms with Crippen molar-refractivity contribution in [2.45, 2.75) is 58.8 Å². The van der Waals surface area contributed by atoms with Crippen molar-refractivity contribution >= 4 is 0 Å². The number of halogens is 1. The standard InChI is InChI=1S/C24H34FN/c1-4-6-17-26(18-7-5-2)19-16-20(3)21-8-10-22(11-9-21)23-12-14-24(25)15-13-23/h8-15,20H,4-7,16-19H2,1-3H3. The zero-order chi connectivity index (χ0) is 18.8. The molecule has 2 aromatic rings. The molecule has 0 aliphatic rings. The van der Waals surface area contributed by atoms with E-state index in [4.69, 9.17) is 0 Å². The summed E-state index contributed by atoms with van der Waals surface area (Å²) in [4.78, 5) is 2.64. The van der Waals surface area contributed by atoms with Crippen LogP contribution < -0.4 is 0 Å². The van der Waals surface area contributed by atoms with Gasteiger partial charge in [-0.25, -0.2) is 4.39 Å². The van der Waals surface area contributed by atoms with Gasteiger partial charge in [-0.1, -0.05) is 70.0 Å². The van der Waals surface area contributed by atoms with Crippen molar-refractivity contribution in [1.82, 2.24) is 4.90 Å². The summed E-state index contributed by atoms with van der Waals surface area (Å²) in [7, 11) is 0. The van der Waals surface area contributed by atoms with Crippen LogP contribution in [0.5, 0.6) is 0 Å². The molecular formula is C24H34FN. The third-order valence-corrected chi connectivity index (χ3v) is 5.19. The Hall–Kier alpha value is -1.67. The third kappa shape index (κ3) is 6.57. The molecule has 0 fully saturated rings. The summed E-state index contributed by atoms with van der Waals surface area (Å²) in [5.41, 5.74) is 3.60. The topological polar surface area (TPSA) is 3.24 Å². The maximum absolute atomic E-state index is 13.1. The van der Waals surface area contributed by atoms with Crippen molar-refractivity contribution in [2.24, 2.45) is 0 Å². The van der Waals surface area contributed by atoms with E-state index < -0.39 is 0 Å². The van der Waals surface area contributed by atoms with Gasteiger partial charge in [0.15, 0.2) is 0 Å². The van der Waals surface area contributed by atoms with Crippen molar-refractivity contribution in [2.75, 3.05) is 19.6 Å². The molecule has 142 valence electrons. The number of benzene rings is 2. The van der Waals surface area contributed by atoms with Crippen LogP contribution in [0.15, 0.2) is 48.5 Å². The number of hydrogen-bond acceptors (Lipinski definition) is 1. The molecule has 1 atom stereocenters. The molecule has 0 saturated heterocycles. The van der Waals surface area contributed by atoms with Gasteiger partial charge in [-0.3, -0.25) is 0 Å². The summed E-state index contributed by atoms with van der Waals surface area (Å²) in [6, 6.07) is 15.5. The predicted octanol–water partition coefficient (Wildman–Crippen LogP) is 6.89. The Kier molecular flexibility index (Phi) is 8.84. The Morgan fingerprint density at radius 1 is 0.769 bits per heavy atom. The highest BCUT2D eigenvalue weighted by Crippen LogP contribution is 2.25. The molecule has 0 saturated carbocycles. The van der Waals surface area contributed by atoms with Crippen LogP contribution in [0.2, 0.25) is 0 Å². The van der Waals surface area contributed by atoms with Crippen molar-refractivity contribution in [3.8, 4) is 11.1 Å². The molecule has 0 heterocycles. The van der Waals surface area contributed by atoms with Gasteiger partial charge in [0.2, 0.25) is 0 Å². The summed E-state index contributed by atoms with van der Waals surface area (Å²) in [6.45, 7) is 10.5. The molecule has 1 unspecified atom stereocenters. The van der Waals surface area contributed by atoms with Crippen molar-refractivity contribution in [3.05, 3.63) is 59.9 Å². The average molecular weight is 356 g/mol. The lowest BCUT2D eigenvalue weighted by Gasteiger charge is -2.24. The zero-order valence-electron chi connectivity index (χ0n) is 16.7. The van der Waals surface area contributed by atoms with E-state index in [1.165, 1.54) is 69.4 Å². The first-order valence-corrected chi connectivity index (χ1v) is 10.2. The van der Waals surface area contributed by atoms with Crippen LogP contribution in [-0.2, 0) is 0 Å². The van der Waals surface area contributed by atoms with Gasteiger partial charge in [0, 0.05) is 0 Å². The monoisotopic (exact) mass is 355 g/mol. The maximum Gasteiger partial charge on any atom is 0.123 e. The fraction of sp³-hybridized carbons (Fsp3) is 0.500. The summed E-state index contributed by atoms with van der Waals surface area (Å²) >= 11 is 0. The lowest BCUT2D eigenvalue weighted by molar-refractivity contribution is 0.256. The minimum Gasteiger partial charge on any atom is -0.303 e. The fourth-order valence-electron chi connectivity index (χ4n) is 3.29. The molecule has 0 amide bonds. The first-order chi connectivity index (χ1) is 12.6. The van der Waals surface area contributed by atoms with Gasteiger partial charge in [0.1, 0.15) is 5.82 Å². The second kappa shape index (κ2) is 11.1. The highest BCUT2D eigenvalue weighted by Gasteiger charge is 2.10. The van der Waals surface area contributed by atoms with E-state index >= 15 is 0 Å². The van der Waals surface area contributed by atoms with E-state index in [0.717, 1.165) is 11.1 Å². The summed E-state index contributed by atoms with van der Waals surface area (Å²) < 4.78 is 13.1. The Morgan fingerprint density at radius 2 is 1.27 bits per heavy atom. The third-order valence-electron chi connectivity index (χ3n) is 5.19. The average Bonchev–Trinajstić information content (AvgIpc) is 2.68. The summed E-state index contributed by atoms with van der Waals surface area (Å²) in [6.07, 6.45) is 6.32. The van der Waals surface area contributed by atoms with Crippen LogP contribution in [0.25, 0.3) is 11.1 Å². The van der Waals surface area contributed by atoms with Gasteiger partial charge in [-0.05, 0) is 73.6 Å². The van der Waals surface area contributed by atoms with Gasteiger partial charge < -0.3 is 4.90 Å². The van der Waals surface area contributed by atoms with E-state index in [1.807, 2.05) is 12.1 Å². The summed E-state index contributed by atoms with van der Waals surface area (Å²) in [5, 5.41) is 0. The SMILES string of the molecule is CCCCN(CCCC)CCC(C)c1ccc(-c2ccc(F)cc2)cc1. The van der Waals surface area contributed by atoms with Crippen molar-refractivity contribution < 1.29 is 4.39 Å². The largest absolute Gasteiger partial charge is 0.303 e. The highest BCUT2D eigenvalue weighted by atomic mass is 19.1. The predicted molar refractivity (Wildman–Crippen MR) is 111 cm³/mol. The van der Waals surface area contributed by atoms with Crippen molar-refractivity contribution in [1.29, 1.82) is 0 Å². The van der Waals surface area contributed by atoms with Gasteiger partial charge in [-0.2, -0.15) is 0 Å². The molecule has 2 aromatic carbocycles. The molecule has 1 nitrogen and oxygen atoms in total. The zero-order valence-corrected chi connectivity index (χ0v) is 16.7. The smallest absolute Gasteiger partial charge is 0.123 e. The quantitative estimate of drug-likeness (QED) is 0.424. The molecule has 0 N–H and O–H groups in total. The van der Waals surface area contributed by atoms with E-state index in [-0.39, 0.29) is 5.82 Å². The Morgan fingerprint density at radius 3 is 1.77 bits per heavy atom. The Balaban J connectivity index is 1.91. The first kappa shape index (κ1) is 20.6. The maximum atomic E-state index is 13.1. The van der Waals surface area contributed by atoms with Crippen LogP contribution in [0.4, 0.5) is 4.39 Å². The van der Waals surface area contributed by atoms with Crippen LogP contribution in [0.1, 0.15) is 64.4 Å². The van der Waals surface area contributed by atoms with E-state index in [2.05, 4.69) is 49.9 Å². The van der Waals surface area contributed by atoms with Crippen LogP contribution >= 0.6 is 0 Å². The molecule has 2 heteroatoms. The van der Waals surface area contributed by atoms with Gasteiger partial charge >= 0.3 is 0 Å². The van der Waals surface area contributed by atoms with E-state index in [1.54, 1.807) is 0 Å². The second-order valence-electron chi connectivity index (χ2n) is 7.37.